The molecule has 0 aliphatic rings. The Morgan fingerprint density at radius 2 is 1.56 bits per heavy atom. The number of rotatable bonds is 10. The van der Waals surface area contributed by atoms with Crippen LogP contribution in [0.5, 0.6) is 0 Å². The van der Waals surface area contributed by atoms with Crippen molar-refractivity contribution < 1.29 is 14.3 Å². The molecule has 0 aromatic carbocycles. The van der Waals surface area contributed by atoms with Gasteiger partial charge in [0.25, 0.3) is 0 Å². The van der Waals surface area contributed by atoms with Crippen LogP contribution in [0.4, 0.5) is 0 Å². The fourth-order valence-electron chi connectivity index (χ4n) is 2.21. The molecule has 18 heavy (non-hydrogen) atoms. The van der Waals surface area contributed by atoms with E-state index < -0.39 is 5.92 Å². The summed E-state index contributed by atoms with van der Waals surface area (Å²) in [5, 5.41) is 0. The first-order valence-electron chi connectivity index (χ1n) is 7.23. The Balaban J connectivity index is 4.63. The second kappa shape index (κ2) is 10.1. The first kappa shape index (κ1) is 17.1. The Morgan fingerprint density at radius 1 is 1.00 bits per heavy atom. The molecule has 0 aliphatic carbocycles. The number of methoxy groups -OCH3 is 1. The number of hydrogen-bond acceptors (Lipinski definition) is 3. The van der Waals surface area contributed by atoms with Gasteiger partial charge in [0, 0.05) is 5.92 Å². The normalized spacial score (nSPS) is 14.0. The molecule has 0 heterocycles. The van der Waals surface area contributed by atoms with E-state index in [1.165, 1.54) is 7.11 Å². The molecule has 0 saturated carbocycles. The summed E-state index contributed by atoms with van der Waals surface area (Å²) in [6, 6.07) is 0. The van der Waals surface area contributed by atoms with Gasteiger partial charge in [0.05, 0.1) is 7.11 Å². The summed E-state index contributed by atoms with van der Waals surface area (Å²) in [5.41, 5.74) is 0. The lowest BCUT2D eigenvalue weighted by Gasteiger charge is -2.19. The molecule has 0 N–H and O–H groups in total. The zero-order chi connectivity index (χ0) is 14.0. The van der Waals surface area contributed by atoms with Gasteiger partial charge in [-0.2, -0.15) is 0 Å². The average molecular weight is 256 g/mol. The number of esters is 1. The zero-order valence-electron chi connectivity index (χ0n) is 12.3. The fourth-order valence-corrected chi connectivity index (χ4v) is 2.21. The quantitative estimate of drug-likeness (QED) is 0.441. The number of ketones is 1. The van der Waals surface area contributed by atoms with Gasteiger partial charge < -0.3 is 4.74 Å². The Labute approximate surface area is 111 Å². The van der Waals surface area contributed by atoms with Crippen LogP contribution < -0.4 is 0 Å². The monoisotopic (exact) mass is 256 g/mol. The second-order valence-corrected chi connectivity index (χ2v) is 4.87. The van der Waals surface area contributed by atoms with Crippen LogP contribution in [0.15, 0.2) is 0 Å². The van der Waals surface area contributed by atoms with Crippen LogP contribution in [0.25, 0.3) is 0 Å². The molecule has 0 bridgehead atoms. The maximum absolute atomic E-state index is 12.4. The van der Waals surface area contributed by atoms with Crippen molar-refractivity contribution in [3.05, 3.63) is 0 Å². The highest BCUT2D eigenvalue weighted by molar-refractivity contribution is 6.00. The maximum atomic E-state index is 12.4. The van der Waals surface area contributed by atoms with Crippen LogP contribution in [-0.2, 0) is 14.3 Å². The molecular formula is C15H28O3. The van der Waals surface area contributed by atoms with Crippen molar-refractivity contribution in [2.45, 2.75) is 65.7 Å². The minimum atomic E-state index is -0.545. The summed E-state index contributed by atoms with van der Waals surface area (Å²) in [7, 11) is 1.36. The predicted octanol–water partition coefficient (Wildman–Crippen LogP) is 3.75. The number of Topliss-reactive ketones (excluding diaryl/α,β-unsaturated/α-hetero) is 1. The van der Waals surface area contributed by atoms with Gasteiger partial charge in [0.2, 0.25) is 0 Å². The minimum Gasteiger partial charge on any atom is -0.468 e. The number of carbonyl (C=O) groups is 2. The standard InChI is InChI=1S/C15H28O3/c1-5-8-10-12(7-3)14(16)13(11-9-6-2)15(17)18-4/h12-13H,5-11H2,1-4H3. The van der Waals surface area contributed by atoms with E-state index in [1.54, 1.807) is 0 Å². The average Bonchev–Trinajstić information content (AvgIpc) is 2.39. The van der Waals surface area contributed by atoms with Gasteiger partial charge in [0.15, 0.2) is 0 Å². The second-order valence-electron chi connectivity index (χ2n) is 4.87. The molecule has 0 radical (unpaired) electrons. The third-order valence-corrected chi connectivity index (χ3v) is 3.48. The summed E-state index contributed by atoms with van der Waals surface area (Å²) in [5.74, 6) is -0.794. The molecule has 2 atom stereocenters. The molecule has 0 aromatic rings. The van der Waals surface area contributed by atoms with E-state index in [9.17, 15) is 9.59 Å². The van der Waals surface area contributed by atoms with Crippen molar-refractivity contribution in [3.8, 4) is 0 Å². The lowest BCUT2D eigenvalue weighted by atomic mass is 9.85. The Kier molecular flexibility index (Phi) is 9.62. The van der Waals surface area contributed by atoms with Crippen LogP contribution in [0, 0.1) is 11.8 Å². The Morgan fingerprint density at radius 3 is 2.00 bits per heavy atom. The third kappa shape index (κ3) is 5.65. The van der Waals surface area contributed by atoms with E-state index in [0.717, 1.165) is 38.5 Å². The lowest BCUT2D eigenvalue weighted by molar-refractivity contribution is -0.151. The van der Waals surface area contributed by atoms with E-state index in [1.807, 2.05) is 6.92 Å². The Hall–Kier alpha value is -0.860. The van der Waals surface area contributed by atoms with Crippen LogP contribution >= 0.6 is 0 Å². The number of carbonyl (C=O) groups excluding carboxylic acids is 2. The SMILES string of the molecule is CCCCC(CC)C(=O)C(CCCC)C(=O)OC. The minimum absolute atomic E-state index is 0.0194. The van der Waals surface area contributed by atoms with Gasteiger partial charge in [-0.3, -0.25) is 9.59 Å². The van der Waals surface area contributed by atoms with Gasteiger partial charge in [-0.1, -0.05) is 46.5 Å². The number of hydrogen-bond donors (Lipinski definition) is 0. The molecular weight excluding hydrogens is 228 g/mol. The fraction of sp³-hybridized carbons (Fsp3) is 0.867. The van der Waals surface area contributed by atoms with Gasteiger partial charge >= 0.3 is 5.97 Å². The van der Waals surface area contributed by atoms with Gasteiger partial charge in [0.1, 0.15) is 11.7 Å². The van der Waals surface area contributed by atoms with Crippen molar-refractivity contribution in [1.82, 2.24) is 0 Å². The molecule has 3 nitrogen and oxygen atoms in total. The Bertz CT molecular complexity index is 248. The van der Waals surface area contributed by atoms with Gasteiger partial charge in [-0.25, -0.2) is 0 Å². The van der Waals surface area contributed by atoms with Crippen LogP contribution in [0.1, 0.15) is 65.7 Å². The largest absolute Gasteiger partial charge is 0.468 e. The van der Waals surface area contributed by atoms with Crippen molar-refractivity contribution in [2.75, 3.05) is 7.11 Å². The van der Waals surface area contributed by atoms with Crippen molar-refractivity contribution in [3.63, 3.8) is 0 Å². The molecule has 3 heteroatoms. The molecule has 2 unspecified atom stereocenters. The van der Waals surface area contributed by atoms with Crippen LogP contribution in [-0.4, -0.2) is 18.9 Å². The molecule has 0 fully saturated rings. The topological polar surface area (TPSA) is 43.4 Å². The smallest absolute Gasteiger partial charge is 0.316 e. The summed E-state index contributed by atoms with van der Waals surface area (Å²) in [4.78, 5) is 24.1. The van der Waals surface area contributed by atoms with E-state index in [2.05, 4.69) is 13.8 Å². The maximum Gasteiger partial charge on any atom is 0.316 e. The summed E-state index contributed by atoms with van der Waals surface area (Å²) >= 11 is 0. The lowest BCUT2D eigenvalue weighted by Crippen LogP contribution is -2.30. The summed E-state index contributed by atoms with van der Waals surface area (Å²) < 4.78 is 4.77. The van der Waals surface area contributed by atoms with E-state index in [4.69, 9.17) is 4.74 Å². The summed E-state index contributed by atoms with van der Waals surface area (Å²) in [6.07, 6.45) is 6.37. The number of unbranched alkanes of at least 4 members (excludes halogenated alkanes) is 2. The van der Waals surface area contributed by atoms with Gasteiger partial charge in [-0.15, -0.1) is 0 Å². The summed E-state index contributed by atoms with van der Waals surface area (Å²) in [6.45, 7) is 6.20. The molecule has 106 valence electrons. The van der Waals surface area contributed by atoms with Crippen LogP contribution in [0.2, 0.25) is 0 Å². The van der Waals surface area contributed by atoms with Crippen molar-refractivity contribution >= 4 is 11.8 Å². The molecule has 0 rings (SSSR count). The number of ether oxygens (including phenoxy) is 1. The molecule has 0 aliphatic heterocycles. The molecule has 0 spiro atoms. The molecule has 0 saturated heterocycles. The highest BCUT2D eigenvalue weighted by atomic mass is 16.5. The first-order chi connectivity index (χ1) is 8.62. The van der Waals surface area contributed by atoms with Gasteiger partial charge in [-0.05, 0) is 19.3 Å². The molecule has 0 amide bonds. The third-order valence-electron chi connectivity index (χ3n) is 3.48. The van der Waals surface area contributed by atoms with Crippen LogP contribution in [0.3, 0.4) is 0 Å². The van der Waals surface area contributed by atoms with Crippen molar-refractivity contribution in [2.24, 2.45) is 11.8 Å². The van der Waals surface area contributed by atoms with E-state index in [-0.39, 0.29) is 17.7 Å². The highest BCUT2D eigenvalue weighted by Gasteiger charge is 2.31. The van der Waals surface area contributed by atoms with Crippen molar-refractivity contribution in [1.29, 1.82) is 0 Å². The predicted molar refractivity (Wildman–Crippen MR) is 73.3 cm³/mol. The molecule has 0 aromatic heterocycles. The zero-order valence-corrected chi connectivity index (χ0v) is 12.3. The highest BCUT2D eigenvalue weighted by Crippen LogP contribution is 2.22. The first-order valence-corrected chi connectivity index (χ1v) is 7.23. The van der Waals surface area contributed by atoms with E-state index in [0.29, 0.717) is 6.42 Å². The van der Waals surface area contributed by atoms with E-state index >= 15 is 0 Å².